The van der Waals surface area contributed by atoms with Gasteiger partial charge in [0.05, 0.1) is 24.0 Å². The number of nitrogen functional groups attached to an aromatic ring is 1. The molecule has 0 spiro atoms. The van der Waals surface area contributed by atoms with Crippen LogP contribution in [0, 0.1) is 5.82 Å². The summed E-state index contributed by atoms with van der Waals surface area (Å²) in [5.41, 5.74) is 6.42. The van der Waals surface area contributed by atoms with Crippen molar-refractivity contribution in [1.29, 1.82) is 0 Å². The molecule has 19 heavy (non-hydrogen) atoms. The van der Waals surface area contributed by atoms with E-state index in [1.165, 1.54) is 17.0 Å². The zero-order chi connectivity index (χ0) is 14.6. The third kappa shape index (κ3) is 4.31. The van der Waals surface area contributed by atoms with Crippen molar-refractivity contribution in [2.75, 3.05) is 31.7 Å². The summed E-state index contributed by atoms with van der Waals surface area (Å²) in [6, 6.07) is 2.65. The molecule has 0 saturated heterocycles. The summed E-state index contributed by atoms with van der Waals surface area (Å²) in [4.78, 5) is 12.9. The minimum absolute atomic E-state index is 0.0873. The average molecular weight is 269 g/mol. The number of halogens is 1. The lowest BCUT2D eigenvalue weighted by molar-refractivity contribution is -0.126. The molecule has 0 saturated carbocycles. The Hall–Kier alpha value is -1.98. The van der Waals surface area contributed by atoms with Gasteiger partial charge in [0, 0.05) is 26.2 Å². The first-order valence-corrected chi connectivity index (χ1v) is 6.01. The summed E-state index contributed by atoms with van der Waals surface area (Å²) in [6.07, 6.45) is -0.144. The van der Waals surface area contributed by atoms with Crippen LogP contribution in [0.4, 0.5) is 15.8 Å². The van der Waals surface area contributed by atoms with Crippen molar-refractivity contribution in [1.82, 2.24) is 4.90 Å². The highest BCUT2D eigenvalue weighted by Crippen LogP contribution is 2.28. The molecule has 0 bridgehead atoms. The average Bonchev–Trinajstić information content (AvgIpc) is 2.30. The van der Waals surface area contributed by atoms with E-state index in [-0.39, 0.29) is 30.0 Å². The second-order valence-electron chi connectivity index (χ2n) is 4.68. The number of ether oxygens (including phenoxy) is 1. The fourth-order valence-electron chi connectivity index (χ4n) is 1.40. The summed E-state index contributed by atoms with van der Waals surface area (Å²) in [5, 5.41) is 2.87. The Balaban J connectivity index is 2.85. The number of hydrogen-bond donors (Lipinski definition) is 2. The minimum atomic E-state index is -0.518. The number of hydrogen-bond acceptors (Lipinski definition) is 4. The van der Waals surface area contributed by atoms with Gasteiger partial charge < -0.3 is 20.7 Å². The van der Waals surface area contributed by atoms with Crippen LogP contribution in [-0.2, 0) is 4.79 Å². The van der Waals surface area contributed by atoms with E-state index in [0.29, 0.717) is 5.69 Å². The second kappa shape index (κ2) is 6.26. The zero-order valence-electron chi connectivity index (χ0n) is 11.7. The number of anilines is 2. The van der Waals surface area contributed by atoms with Crippen LogP contribution in [0.1, 0.15) is 13.8 Å². The maximum Gasteiger partial charge on any atom is 0.241 e. The summed E-state index contributed by atoms with van der Waals surface area (Å²) in [6.45, 7) is 3.70. The number of carbonyl (C=O) groups is 1. The summed E-state index contributed by atoms with van der Waals surface area (Å²) >= 11 is 0. The highest BCUT2D eigenvalue weighted by molar-refractivity contribution is 5.82. The molecule has 5 nitrogen and oxygen atoms in total. The zero-order valence-corrected chi connectivity index (χ0v) is 11.7. The summed E-state index contributed by atoms with van der Waals surface area (Å²) < 4.78 is 18.9. The molecule has 0 aliphatic rings. The van der Waals surface area contributed by atoms with E-state index in [4.69, 9.17) is 10.5 Å². The van der Waals surface area contributed by atoms with Gasteiger partial charge in [-0.15, -0.1) is 0 Å². The smallest absolute Gasteiger partial charge is 0.241 e. The van der Waals surface area contributed by atoms with E-state index >= 15 is 0 Å². The summed E-state index contributed by atoms with van der Waals surface area (Å²) in [7, 11) is 3.32. The van der Waals surface area contributed by atoms with Gasteiger partial charge in [-0.3, -0.25) is 4.79 Å². The minimum Gasteiger partial charge on any atom is -0.488 e. The van der Waals surface area contributed by atoms with Crippen LogP contribution in [-0.4, -0.2) is 37.6 Å². The van der Waals surface area contributed by atoms with E-state index in [9.17, 15) is 9.18 Å². The molecule has 0 aliphatic heterocycles. The van der Waals surface area contributed by atoms with E-state index < -0.39 is 5.82 Å². The normalized spacial score (nSPS) is 10.4. The second-order valence-corrected chi connectivity index (χ2v) is 4.68. The molecule has 1 aromatic rings. The molecule has 0 fully saturated rings. The van der Waals surface area contributed by atoms with Gasteiger partial charge in [0.15, 0.2) is 11.6 Å². The van der Waals surface area contributed by atoms with Gasteiger partial charge in [-0.1, -0.05) is 0 Å². The van der Waals surface area contributed by atoms with Gasteiger partial charge in [-0.25, -0.2) is 4.39 Å². The van der Waals surface area contributed by atoms with Crippen LogP contribution in [0.5, 0.6) is 5.75 Å². The van der Waals surface area contributed by atoms with Gasteiger partial charge in [-0.05, 0) is 13.8 Å². The first-order valence-electron chi connectivity index (χ1n) is 6.01. The Kier molecular flexibility index (Phi) is 4.97. The Morgan fingerprint density at radius 1 is 1.47 bits per heavy atom. The van der Waals surface area contributed by atoms with Crippen LogP contribution in [0.3, 0.4) is 0 Å². The molecule has 0 atom stereocenters. The summed E-state index contributed by atoms with van der Waals surface area (Å²) in [5.74, 6) is -0.505. The lowest BCUT2D eigenvalue weighted by Crippen LogP contribution is -2.28. The van der Waals surface area contributed by atoms with Crippen molar-refractivity contribution in [2.24, 2.45) is 0 Å². The van der Waals surface area contributed by atoms with E-state index in [1.54, 1.807) is 27.9 Å². The van der Waals surface area contributed by atoms with Crippen LogP contribution >= 0.6 is 0 Å². The molecule has 0 aromatic heterocycles. The highest BCUT2D eigenvalue weighted by atomic mass is 19.1. The number of nitrogens with one attached hydrogen (secondary N) is 1. The number of nitrogens with two attached hydrogens (primary N) is 1. The van der Waals surface area contributed by atoms with Gasteiger partial charge in [0.2, 0.25) is 5.91 Å². The Bertz CT molecular complexity index is 461. The maximum absolute atomic E-state index is 13.6. The predicted octanol–water partition coefficient (Wildman–Crippen LogP) is 1.70. The molecule has 0 heterocycles. The monoisotopic (exact) mass is 269 g/mol. The topological polar surface area (TPSA) is 67.6 Å². The fraction of sp³-hybridized carbons (Fsp3) is 0.462. The third-order valence-corrected chi connectivity index (χ3v) is 2.40. The molecule has 0 unspecified atom stereocenters. The molecule has 1 amide bonds. The third-order valence-electron chi connectivity index (χ3n) is 2.40. The van der Waals surface area contributed by atoms with Crippen LogP contribution in [0.25, 0.3) is 0 Å². The van der Waals surface area contributed by atoms with Crippen molar-refractivity contribution in [2.45, 2.75) is 20.0 Å². The Labute approximate surface area is 112 Å². The molecular weight excluding hydrogens is 249 g/mol. The number of benzene rings is 1. The number of nitrogens with zero attached hydrogens (tertiary/aromatic N) is 1. The SMILES string of the molecule is CC(C)Oc1cc(NCC(=O)N(C)C)c(N)cc1F. The van der Waals surface area contributed by atoms with Crippen LogP contribution < -0.4 is 15.8 Å². The van der Waals surface area contributed by atoms with E-state index in [1.807, 2.05) is 0 Å². The number of amides is 1. The van der Waals surface area contributed by atoms with E-state index in [0.717, 1.165) is 0 Å². The first-order chi connectivity index (χ1) is 8.81. The number of likely N-dealkylation sites (N-methyl/N-ethyl adjacent to an activating group) is 1. The molecule has 6 heteroatoms. The van der Waals surface area contributed by atoms with Crippen LogP contribution in [0.2, 0.25) is 0 Å². The lowest BCUT2D eigenvalue weighted by atomic mass is 10.2. The molecule has 1 aromatic carbocycles. The van der Waals surface area contributed by atoms with E-state index in [2.05, 4.69) is 5.32 Å². The molecular formula is C13H20FN3O2. The van der Waals surface area contributed by atoms with Gasteiger partial charge in [0.1, 0.15) is 0 Å². The van der Waals surface area contributed by atoms with Gasteiger partial charge in [-0.2, -0.15) is 0 Å². The van der Waals surface area contributed by atoms with Gasteiger partial charge >= 0.3 is 0 Å². The molecule has 1 rings (SSSR count). The fourth-order valence-corrected chi connectivity index (χ4v) is 1.40. The number of carbonyl (C=O) groups excluding carboxylic acids is 1. The molecule has 0 aliphatic carbocycles. The first kappa shape index (κ1) is 15.1. The quantitative estimate of drug-likeness (QED) is 0.798. The molecule has 106 valence electrons. The maximum atomic E-state index is 13.6. The van der Waals surface area contributed by atoms with Gasteiger partial charge in [0.25, 0.3) is 0 Å². The highest BCUT2D eigenvalue weighted by Gasteiger charge is 2.12. The molecule has 0 radical (unpaired) electrons. The predicted molar refractivity (Wildman–Crippen MR) is 73.8 cm³/mol. The Morgan fingerprint density at radius 3 is 2.63 bits per heavy atom. The number of rotatable bonds is 5. The largest absolute Gasteiger partial charge is 0.488 e. The van der Waals surface area contributed by atoms with Crippen molar-refractivity contribution in [3.8, 4) is 5.75 Å². The van der Waals surface area contributed by atoms with Crippen molar-refractivity contribution in [3.05, 3.63) is 17.9 Å². The Morgan fingerprint density at radius 2 is 2.11 bits per heavy atom. The molecule has 3 N–H and O–H groups in total. The van der Waals surface area contributed by atoms with Crippen LogP contribution in [0.15, 0.2) is 12.1 Å². The van der Waals surface area contributed by atoms with Crippen molar-refractivity contribution in [3.63, 3.8) is 0 Å². The lowest BCUT2D eigenvalue weighted by Gasteiger charge is -2.16. The van der Waals surface area contributed by atoms with Crippen molar-refractivity contribution < 1.29 is 13.9 Å². The van der Waals surface area contributed by atoms with Crippen molar-refractivity contribution >= 4 is 17.3 Å². The standard InChI is InChI=1S/C13H20FN3O2/c1-8(2)19-12-6-11(10(15)5-9(12)14)16-7-13(18)17(3)4/h5-6,8,16H,7,15H2,1-4H3.